The number of rotatable bonds is 5. The van der Waals surface area contributed by atoms with Crippen molar-refractivity contribution in [1.29, 1.82) is 0 Å². The van der Waals surface area contributed by atoms with E-state index in [1.165, 1.54) is 0 Å². The molecule has 1 aromatic rings. The predicted molar refractivity (Wildman–Crippen MR) is 70.3 cm³/mol. The van der Waals surface area contributed by atoms with Crippen LogP contribution in [0.25, 0.3) is 0 Å². The minimum Gasteiger partial charge on any atom is -0.396 e. The van der Waals surface area contributed by atoms with Crippen molar-refractivity contribution in [3.63, 3.8) is 0 Å². The average Bonchev–Trinajstić information content (AvgIpc) is 2.66. The van der Waals surface area contributed by atoms with Crippen LogP contribution in [0, 0.1) is 19.8 Å². The van der Waals surface area contributed by atoms with Crippen molar-refractivity contribution in [3.05, 3.63) is 17.5 Å². The summed E-state index contributed by atoms with van der Waals surface area (Å²) in [7, 11) is 0. The lowest BCUT2D eigenvalue weighted by Crippen LogP contribution is -2.41. The third-order valence-corrected chi connectivity index (χ3v) is 3.30. The second-order valence-electron chi connectivity index (χ2n) is 5.00. The highest BCUT2D eigenvalue weighted by Gasteiger charge is 2.21. The van der Waals surface area contributed by atoms with Crippen LogP contribution in [0.4, 0.5) is 0 Å². The first-order chi connectivity index (χ1) is 8.36. The second kappa shape index (κ2) is 6.00. The van der Waals surface area contributed by atoms with E-state index in [-0.39, 0.29) is 30.5 Å². The lowest BCUT2D eigenvalue weighted by atomic mass is 10.0. The Labute approximate surface area is 108 Å². The number of aliphatic hydroxyl groups is 1. The molecule has 0 fully saturated rings. The molecule has 1 heterocycles. The van der Waals surface area contributed by atoms with Gasteiger partial charge in [-0.3, -0.25) is 9.48 Å². The van der Waals surface area contributed by atoms with Crippen LogP contribution in [0.15, 0.2) is 6.07 Å². The van der Waals surface area contributed by atoms with Gasteiger partial charge >= 0.3 is 0 Å². The number of carbonyl (C=O) groups is 1. The highest BCUT2D eigenvalue weighted by Crippen LogP contribution is 2.12. The quantitative estimate of drug-likeness (QED) is 0.828. The van der Waals surface area contributed by atoms with E-state index in [1.807, 2.05) is 40.7 Å². The topological polar surface area (TPSA) is 67.2 Å². The van der Waals surface area contributed by atoms with E-state index >= 15 is 0 Å². The maximum Gasteiger partial charge on any atom is 0.244 e. The van der Waals surface area contributed by atoms with Gasteiger partial charge in [-0.1, -0.05) is 6.92 Å². The number of amides is 1. The van der Waals surface area contributed by atoms with Crippen LogP contribution in [0.1, 0.15) is 38.2 Å². The molecule has 18 heavy (non-hydrogen) atoms. The molecule has 0 aromatic carbocycles. The molecule has 1 amide bonds. The first-order valence-electron chi connectivity index (χ1n) is 6.30. The van der Waals surface area contributed by atoms with Crippen LogP contribution in [0.2, 0.25) is 0 Å². The molecule has 1 rings (SSSR count). The van der Waals surface area contributed by atoms with E-state index in [2.05, 4.69) is 10.4 Å². The standard InChI is InChI=1S/C13H23N3O2/c1-8(7-17)11(4)14-13(18)12(5)16-10(3)6-9(2)15-16/h6,8,11-12,17H,7H2,1-5H3,(H,14,18). The van der Waals surface area contributed by atoms with E-state index in [1.54, 1.807) is 4.68 Å². The Morgan fingerprint density at radius 3 is 2.50 bits per heavy atom. The fourth-order valence-electron chi connectivity index (χ4n) is 1.79. The SMILES string of the molecule is Cc1cc(C)n(C(C)C(=O)NC(C)C(C)CO)n1. The number of nitrogens with one attached hydrogen (secondary N) is 1. The van der Waals surface area contributed by atoms with Crippen molar-refractivity contribution in [2.45, 2.75) is 46.7 Å². The van der Waals surface area contributed by atoms with Gasteiger partial charge in [-0.15, -0.1) is 0 Å². The predicted octanol–water partition coefficient (Wildman–Crippen LogP) is 1.19. The molecule has 0 radical (unpaired) electrons. The van der Waals surface area contributed by atoms with Gasteiger partial charge in [0.2, 0.25) is 5.91 Å². The second-order valence-corrected chi connectivity index (χ2v) is 5.00. The number of aromatic nitrogens is 2. The normalized spacial score (nSPS) is 16.1. The van der Waals surface area contributed by atoms with Gasteiger partial charge in [0.25, 0.3) is 0 Å². The number of aliphatic hydroxyl groups excluding tert-OH is 1. The fraction of sp³-hybridized carbons (Fsp3) is 0.692. The summed E-state index contributed by atoms with van der Waals surface area (Å²) < 4.78 is 1.72. The van der Waals surface area contributed by atoms with Gasteiger partial charge in [-0.2, -0.15) is 5.10 Å². The third kappa shape index (κ3) is 3.32. The maximum absolute atomic E-state index is 12.1. The molecule has 0 bridgehead atoms. The van der Waals surface area contributed by atoms with Crippen molar-refractivity contribution >= 4 is 5.91 Å². The van der Waals surface area contributed by atoms with Gasteiger partial charge in [0.1, 0.15) is 6.04 Å². The summed E-state index contributed by atoms with van der Waals surface area (Å²) in [4.78, 5) is 12.1. The minimum atomic E-state index is -0.341. The smallest absolute Gasteiger partial charge is 0.244 e. The van der Waals surface area contributed by atoms with Crippen molar-refractivity contribution in [2.75, 3.05) is 6.61 Å². The summed E-state index contributed by atoms with van der Waals surface area (Å²) in [5.74, 6) is -0.0318. The Morgan fingerprint density at radius 2 is 2.06 bits per heavy atom. The first-order valence-corrected chi connectivity index (χ1v) is 6.30. The molecular formula is C13H23N3O2. The van der Waals surface area contributed by atoms with Gasteiger partial charge < -0.3 is 10.4 Å². The van der Waals surface area contributed by atoms with Gasteiger partial charge in [0.15, 0.2) is 0 Å². The molecule has 102 valence electrons. The summed E-state index contributed by atoms with van der Waals surface area (Å²) in [6, 6.07) is 1.55. The molecule has 0 saturated carbocycles. The number of hydrogen-bond donors (Lipinski definition) is 2. The Balaban J connectivity index is 2.70. The van der Waals surface area contributed by atoms with Gasteiger partial charge in [0, 0.05) is 18.3 Å². The van der Waals surface area contributed by atoms with Crippen LogP contribution >= 0.6 is 0 Å². The first kappa shape index (κ1) is 14.7. The lowest BCUT2D eigenvalue weighted by Gasteiger charge is -2.22. The zero-order valence-electron chi connectivity index (χ0n) is 11.8. The summed E-state index contributed by atoms with van der Waals surface area (Å²) >= 11 is 0. The van der Waals surface area contributed by atoms with E-state index in [0.717, 1.165) is 11.4 Å². The molecule has 5 heteroatoms. The van der Waals surface area contributed by atoms with Gasteiger partial charge in [-0.05, 0) is 39.7 Å². The highest BCUT2D eigenvalue weighted by atomic mass is 16.3. The van der Waals surface area contributed by atoms with E-state index in [0.29, 0.717) is 0 Å². The Kier molecular flexibility index (Phi) is 4.90. The van der Waals surface area contributed by atoms with Gasteiger partial charge in [-0.25, -0.2) is 0 Å². The van der Waals surface area contributed by atoms with Crippen LogP contribution in [-0.2, 0) is 4.79 Å². The largest absolute Gasteiger partial charge is 0.396 e. The number of nitrogens with zero attached hydrogens (tertiary/aromatic N) is 2. The number of carbonyl (C=O) groups excluding carboxylic acids is 1. The van der Waals surface area contributed by atoms with Crippen LogP contribution in [-0.4, -0.2) is 33.4 Å². The van der Waals surface area contributed by atoms with E-state index < -0.39 is 0 Å². The van der Waals surface area contributed by atoms with E-state index in [4.69, 9.17) is 5.11 Å². The molecule has 3 atom stereocenters. The number of aryl methyl sites for hydroxylation is 2. The molecule has 0 aliphatic carbocycles. The zero-order chi connectivity index (χ0) is 13.9. The van der Waals surface area contributed by atoms with Crippen molar-refractivity contribution < 1.29 is 9.90 Å². The molecule has 0 aliphatic heterocycles. The Morgan fingerprint density at radius 1 is 1.44 bits per heavy atom. The molecule has 0 saturated heterocycles. The molecule has 2 N–H and O–H groups in total. The summed E-state index contributed by atoms with van der Waals surface area (Å²) in [5.41, 5.74) is 1.88. The Bertz CT molecular complexity index is 414. The van der Waals surface area contributed by atoms with Crippen LogP contribution < -0.4 is 5.32 Å². The minimum absolute atomic E-state index is 0.0432. The molecular weight excluding hydrogens is 230 g/mol. The Hall–Kier alpha value is -1.36. The van der Waals surface area contributed by atoms with Crippen molar-refractivity contribution in [3.8, 4) is 0 Å². The van der Waals surface area contributed by atoms with Crippen LogP contribution in [0.3, 0.4) is 0 Å². The fourth-order valence-corrected chi connectivity index (χ4v) is 1.79. The molecule has 3 unspecified atom stereocenters. The van der Waals surface area contributed by atoms with Crippen molar-refractivity contribution in [1.82, 2.24) is 15.1 Å². The third-order valence-electron chi connectivity index (χ3n) is 3.30. The van der Waals surface area contributed by atoms with Gasteiger partial charge in [0.05, 0.1) is 5.69 Å². The summed E-state index contributed by atoms with van der Waals surface area (Å²) in [6.07, 6.45) is 0. The molecule has 0 spiro atoms. The number of hydrogen-bond acceptors (Lipinski definition) is 3. The van der Waals surface area contributed by atoms with Crippen molar-refractivity contribution in [2.24, 2.45) is 5.92 Å². The summed E-state index contributed by atoms with van der Waals surface area (Å²) in [5, 5.41) is 16.3. The lowest BCUT2D eigenvalue weighted by molar-refractivity contribution is -0.125. The maximum atomic E-state index is 12.1. The van der Waals surface area contributed by atoms with Crippen LogP contribution in [0.5, 0.6) is 0 Å². The molecule has 5 nitrogen and oxygen atoms in total. The monoisotopic (exact) mass is 253 g/mol. The molecule has 1 aromatic heterocycles. The average molecular weight is 253 g/mol. The molecule has 0 aliphatic rings. The highest BCUT2D eigenvalue weighted by molar-refractivity contribution is 5.80. The zero-order valence-corrected chi connectivity index (χ0v) is 11.8. The summed E-state index contributed by atoms with van der Waals surface area (Å²) in [6.45, 7) is 9.53. The van der Waals surface area contributed by atoms with E-state index in [9.17, 15) is 4.79 Å².